The van der Waals surface area contributed by atoms with Crippen molar-refractivity contribution in [2.45, 2.75) is 111 Å². The van der Waals surface area contributed by atoms with Crippen LogP contribution in [0.5, 0.6) is 0 Å². The fourth-order valence-electron chi connectivity index (χ4n) is 3.49. The van der Waals surface area contributed by atoms with E-state index in [9.17, 15) is 0 Å². The van der Waals surface area contributed by atoms with E-state index in [2.05, 4.69) is 50.2 Å². The third-order valence-corrected chi connectivity index (χ3v) is 4.87. The molecule has 0 rings (SSSR count). The molecule has 0 saturated heterocycles. The molecular weight excluding hydrogens is 294 g/mol. The maximum Gasteiger partial charge on any atom is 0.0596 e. The summed E-state index contributed by atoms with van der Waals surface area (Å²) in [6, 6.07) is 0.738. The SMILES string of the molecule is CCCCNCCCC(CCC)N(CCC)C(CC)NCCCC. The normalized spacial score (nSPS) is 14.2. The molecule has 3 nitrogen and oxygen atoms in total. The highest BCUT2D eigenvalue weighted by molar-refractivity contribution is 4.78. The third-order valence-electron chi connectivity index (χ3n) is 4.87. The van der Waals surface area contributed by atoms with Gasteiger partial charge in [-0.15, -0.1) is 0 Å². The zero-order valence-electron chi connectivity index (χ0n) is 17.5. The molecule has 146 valence electrons. The van der Waals surface area contributed by atoms with Gasteiger partial charge in [0.05, 0.1) is 6.17 Å². The van der Waals surface area contributed by atoms with E-state index in [-0.39, 0.29) is 0 Å². The van der Waals surface area contributed by atoms with Gasteiger partial charge < -0.3 is 10.6 Å². The highest BCUT2D eigenvalue weighted by Gasteiger charge is 2.23. The fraction of sp³-hybridized carbons (Fsp3) is 1.00. The summed E-state index contributed by atoms with van der Waals surface area (Å²) in [6.07, 6.45) is 13.4. The van der Waals surface area contributed by atoms with Crippen LogP contribution in [0.1, 0.15) is 98.8 Å². The van der Waals surface area contributed by atoms with E-state index in [1.165, 1.54) is 83.8 Å². The summed E-state index contributed by atoms with van der Waals surface area (Å²) in [7, 11) is 0. The average Bonchev–Trinajstić information content (AvgIpc) is 2.59. The van der Waals surface area contributed by atoms with Crippen LogP contribution in [0.2, 0.25) is 0 Å². The highest BCUT2D eigenvalue weighted by Crippen LogP contribution is 2.18. The molecule has 0 aromatic rings. The average molecular weight is 342 g/mol. The maximum absolute atomic E-state index is 3.82. The van der Waals surface area contributed by atoms with Gasteiger partial charge in [0.2, 0.25) is 0 Å². The minimum Gasteiger partial charge on any atom is -0.317 e. The molecule has 24 heavy (non-hydrogen) atoms. The summed E-state index contributed by atoms with van der Waals surface area (Å²) < 4.78 is 0. The van der Waals surface area contributed by atoms with E-state index < -0.39 is 0 Å². The van der Waals surface area contributed by atoms with Crippen molar-refractivity contribution < 1.29 is 0 Å². The van der Waals surface area contributed by atoms with Crippen LogP contribution in [0.15, 0.2) is 0 Å². The van der Waals surface area contributed by atoms with Crippen LogP contribution in [-0.2, 0) is 0 Å². The van der Waals surface area contributed by atoms with Crippen molar-refractivity contribution in [2.24, 2.45) is 0 Å². The first-order valence-corrected chi connectivity index (χ1v) is 10.9. The Hall–Kier alpha value is -0.120. The molecule has 0 bridgehead atoms. The molecule has 3 heteroatoms. The Morgan fingerprint density at radius 3 is 1.96 bits per heavy atom. The number of nitrogens with zero attached hydrogens (tertiary/aromatic N) is 1. The number of hydrogen-bond acceptors (Lipinski definition) is 3. The lowest BCUT2D eigenvalue weighted by molar-refractivity contribution is 0.0915. The van der Waals surface area contributed by atoms with Crippen molar-refractivity contribution in [1.29, 1.82) is 0 Å². The first-order chi connectivity index (χ1) is 11.7. The fourth-order valence-corrected chi connectivity index (χ4v) is 3.49. The molecule has 2 N–H and O–H groups in total. The predicted molar refractivity (Wildman–Crippen MR) is 110 cm³/mol. The van der Waals surface area contributed by atoms with Crippen molar-refractivity contribution in [1.82, 2.24) is 15.5 Å². The quantitative estimate of drug-likeness (QED) is 0.266. The molecular formula is C21H47N3. The maximum atomic E-state index is 3.82. The molecule has 2 atom stereocenters. The van der Waals surface area contributed by atoms with Gasteiger partial charge in [-0.05, 0) is 71.1 Å². The summed E-state index contributed by atoms with van der Waals surface area (Å²) in [5.74, 6) is 0. The van der Waals surface area contributed by atoms with Gasteiger partial charge in [0, 0.05) is 6.04 Å². The van der Waals surface area contributed by atoms with Gasteiger partial charge in [0.15, 0.2) is 0 Å². The van der Waals surface area contributed by atoms with Gasteiger partial charge >= 0.3 is 0 Å². The second kappa shape index (κ2) is 17.7. The molecule has 0 fully saturated rings. The molecule has 0 spiro atoms. The Bertz CT molecular complexity index is 245. The first-order valence-electron chi connectivity index (χ1n) is 10.9. The van der Waals surface area contributed by atoms with E-state index in [1.807, 2.05) is 0 Å². The van der Waals surface area contributed by atoms with Gasteiger partial charge in [0.1, 0.15) is 0 Å². The molecule has 0 amide bonds. The molecule has 0 heterocycles. The minimum atomic E-state index is 0.557. The summed E-state index contributed by atoms with van der Waals surface area (Å²) in [6.45, 7) is 16.3. The van der Waals surface area contributed by atoms with Gasteiger partial charge in [0.25, 0.3) is 0 Å². The molecule has 0 aliphatic heterocycles. The van der Waals surface area contributed by atoms with Crippen LogP contribution in [0, 0.1) is 0 Å². The molecule has 0 aromatic heterocycles. The lowest BCUT2D eigenvalue weighted by Crippen LogP contribution is -2.51. The zero-order chi connectivity index (χ0) is 18.0. The second-order valence-corrected chi connectivity index (χ2v) is 7.16. The molecule has 0 aliphatic carbocycles. The van der Waals surface area contributed by atoms with Crippen LogP contribution in [0.25, 0.3) is 0 Å². The van der Waals surface area contributed by atoms with E-state index in [0.717, 1.165) is 12.6 Å². The summed E-state index contributed by atoms with van der Waals surface area (Å²) in [5, 5.41) is 7.43. The van der Waals surface area contributed by atoms with Crippen LogP contribution in [0.3, 0.4) is 0 Å². The Balaban J connectivity index is 4.50. The second-order valence-electron chi connectivity index (χ2n) is 7.16. The van der Waals surface area contributed by atoms with Crippen LogP contribution in [0.4, 0.5) is 0 Å². The van der Waals surface area contributed by atoms with E-state index in [1.54, 1.807) is 0 Å². The number of nitrogens with one attached hydrogen (secondary N) is 2. The first kappa shape index (κ1) is 23.9. The largest absolute Gasteiger partial charge is 0.317 e. The Kier molecular flexibility index (Phi) is 17.6. The van der Waals surface area contributed by atoms with Crippen molar-refractivity contribution in [3.05, 3.63) is 0 Å². The summed E-state index contributed by atoms with van der Waals surface area (Å²) in [4.78, 5) is 2.78. The monoisotopic (exact) mass is 341 g/mol. The third kappa shape index (κ3) is 11.4. The number of hydrogen-bond donors (Lipinski definition) is 2. The van der Waals surface area contributed by atoms with Crippen LogP contribution < -0.4 is 10.6 Å². The Morgan fingerprint density at radius 2 is 1.38 bits per heavy atom. The Morgan fingerprint density at radius 1 is 0.708 bits per heavy atom. The van der Waals surface area contributed by atoms with Gasteiger partial charge in [-0.1, -0.05) is 53.9 Å². The smallest absolute Gasteiger partial charge is 0.0596 e. The number of unbranched alkanes of at least 4 members (excludes halogenated alkanes) is 2. The minimum absolute atomic E-state index is 0.557. The van der Waals surface area contributed by atoms with E-state index >= 15 is 0 Å². The van der Waals surface area contributed by atoms with Crippen molar-refractivity contribution in [2.75, 3.05) is 26.2 Å². The van der Waals surface area contributed by atoms with Crippen LogP contribution in [-0.4, -0.2) is 43.3 Å². The molecule has 0 radical (unpaired) electrons. The van der Waals surface area contributed by atoms with Gasteiger partial charge in [-0.3, -0.25) is 4.90 Å². The van der Waals surface area contributed by atoms with E-state index in [0.29, 0.717) is 6.17 Å². The lowest BCUT2D eigenvalue weighted by Gasteiger charge is -2.38. The van der Waals surface area contributed by atoms with E-state index in [4.69, 9.17) is 0 Å². The summed E-state index contributed by atoms with van der Waals surface area (Å²) >= 11 is 0. The van der Waals surface area contributed by atoms with Crippen molar-refractivity contribution in [3.8, 4) is 0 Å². The predicted octanol–water partition coefficient (Wildman–Crippen LogP) is 5.16. The van der Waals surface area contributed by atoms with Crippen molar-refractivity contribution in [3.63, 3.8) is 0 Å². The lowest BCUT2D eigenvalue weighted by atomic mass is 10.0. The van der Waals surface area contributed by atoms with Gasteiger partial charge in [-0.2, -0.15) is 0 Å². The van der Waals surface area contributed by atoms with Crippen LogP contribution >= 0.6 is 0 Å². The molecule has 0 aromatic carbocycles. The number of rotatable bonds is 18. The Labute approximate surface area is 153 Å². The van der Waals surface area contributed by atoms with Crippen molar-refractivity contribution >= 4 is 0 Å². The standard InChI is InChI=1S/C21H47N3/c1-6-11-16-22-17-13-15-20(14-8-3)24(19-9-4)21(10-5)23-18-12-7-2/h20-23H,6-19H2,1-5H3. The topological polar surface area (TPSA) is 27.3 Å². The zero-order valence-corrected chi connectivity index (χ0v) is 17.5. The van der Waals surface area contributed by atoms with Gasteiger partial charge in [-0.25, -0.2) is 0 Å². The molecule has 2 unspecified atom stereocenters. The molecule has 0 aliphatic rings. The molecule has 0 saturated carbocycles. The highest BCUT2D eigenvalue weighted by atomic mass is 15.3. The summed E-state index contributed by atoms with van der Waals surface area (Å²) in [5.41, 5.74) is 0.